The average molecular weight is 620 g/mol. The number of aryl methyl sites for hydroxylation is 2. The number of carbonyl (C=O) groups is 2. The molecule has 0 bridgehead atoms. The monoisotopic (exact) mass is 619 g/mol. The third kappa shape index (κ3) is 5.80. The average Bonchev–Trinajstić information content (AvgIpc) is 3.82. The van der Waals surface area contributed by atoms with E-state index in [1.807, 2.05) is 36.7 Å². The molecule has 0 saturated heterocycles. The molecule has 0 unspecified atom stereocenters. The number of phenols is 1. The third-order valence-corrected chi connectivity index (χ3v) is 7.84. The Morgan fingerprint density at radius 3 is 2.62 bits per heavy atom. The fourth-order valence-electron chi connectivity index (χ4n) is 5.27. The number of aldehydes is 1. The standard InChI is InChI=1S/C24H22N8S.C8H7NO3/c1-33-30-19-14-20(31-12-4-11-27-31)28-24-21(19)29-23(18-7-3-10-26-22(18)25)32(24)17-9-8-15-5-2-6-16(15)13-17;9-8(12)5-1-2-7(11)6(3-5)4-10/h3-4,7-14H,2,5-6H2,1H3,(H2,25,26)(H,28,30);1-4,11H,(H2,9,12). The summed E-state index contributed by atoms with van der Waals surface area (Å²) < 4.78 is 7.20. The summed E-state index contributed by atoms with van der Waals surface area (Å²) >= 11 is 1.51. The van der Waals surface area contributed by atoms with Crippen molar-refractivity contribution in [3.8, 4) is 28.6 Å². The number of aromatic hydroxyl groups is 1. The van der Waals surface area contributed by atoms with Crippen LogP contribution in [0.5, 0.6) is 5.75 Å². The number of pyridine rings is 2. The van der Waals surface area contributed by atoms with Crippen molar-refractivity contribution in [2.24, 2.45) is 5.73 Å². The van der Waals surface area contributed by atoms with Crippen molar-refractivity contribution in [3.63, 3.8) is 0 Å². The molecule has 0 aliphatic heterocycles. The number of fused-ring (bicyclic) bond motifs is 2. The fourth-order valence-corrected chi connectivity index (χ4v) is 5.65. The zero-order valence-electron chi connectivity index (χ0n) is 24.2. The zero-order chi connectivity index (χ0) is 31.5. The summed E-state index contributed by atoms with van der Waals surface area (Å²) in [6.45, 7) is 0. The van der Waals surface area contributed by atoms with Gasteiger partial charge in [-0.05, 0) is 78.9 Å². The number of imidazole rings is 1. The fraction of sp³-hybridized carbons (Fsp3) is 0.125. The second kappa shape index (κ2) is 12.5. The Hall–Kier alpha value is -5.69. The molecule has 4 heterocycles. The van der Waals surface area contributed by atoms with Crippen molar-refractivity contribution in [3.05, 3.63) is 102 Å². The predicted molar refractivity (Wildman–Crippen MR) is 175 cm³/mol. The van der Waals surface area contributed by atoms with Gasteiger partial charge in [0, 0.05) is 42.2 Å². The lowest BCUT2D eigenvalue weighted by atomic mass is 10.1. The first-order chi connectivity index (χ1) is 21.9. The summed E-state index contributed by atoms with van der Waals surface area (Å²) in [5.41, 5.74) is 18.4. The normalized spacial score (nSPS) is 11.9. The number of carbonyl (C=O) groups excluding carboxylic acids is 2. The molecule has 0 radical (unpaired) electrons. The molecular weight excluding hydrogens is 590 g/mol. The maximum absolute atomic E-state index is 10.6. The Kier molecular flexibility index (Phi) is 8.16. The van der Waals surface area contributed by atoms with Crippen LogP contribution in [0.1, 0.15) is 38.3 Å². The van der Waals surface area contributed by atoms with Gasteiger partial charge in [0.2, 0.25) is 5.91 Å². The molecule has 13 heteroatoms. The summed E-state index contributed by atoms with van der Waals surface area (Å²) in [7, 11) is 0. The van der Waals surface area contributed by atoms with Gasteiger partial charge >= 0.3 is 0 Å². The van der Waals surface area contributed by atoms with Crippen LogP contribution in [0.4, 0.5) is 11.5 Å². The van der Waals surface area contributed by atoms with Crippen LogP contribution in [-0.4, -0.2) is 52.9 Å². The van der Waals surface area contributed by atoms with Gasteiger partial charge in [0.1, 0.15) is 17.1 Å². The van der Waals surface area contributed by atoms with Gasteiger partial charge in [0.05, 0.1) is 16.8 Å². The van der Waals surface area contributed by atoms with Crippen molar-refractivity contribution < 1.29 is 14.7 Å². The van der Waals surface area contributed by atoms with Crippen molar-refractivity contribution in [1.82, 2.24) is 29.3 Å². The van der Waals surface area contributed by atoms with Crippen LogP contribution in [0, 0.1) is 0 Å². The molecule has 0 atom stereocenters. The number of phenolic OH excluding ortho intramolecular Hbond substituents is 1. The van der Waals surface area contributed by atoms with E-state index in [9.17, 15) is 9.59 Å². The highest BCUT2D eigenvalue weighted by molar-refractivity contribution is 7.99. The lowest BCUT2D eigenvalue weighted by Crippen LogP contribution is -2.10. The van der Waals surface area contributed by atoms with E-state index >= 15 is 0 Å². The van der Waals surface area contributed by atoms with Gasteiger partial charge in [-0.1, -0.05) is 18.0 Å². The number of aromatic nitrogens is 6. The molecule has 0 saturated carbocycles. The summed E-state index contributed by atoms with van der Waals surface area (Å²) in [6.07, 6.45) is 11.2. The largest absolute Gasteiger partial charge is 0.507 e. The van der Waals surface area contributed by atoms with E-state index in [0.717, 1.165) is 40.9 Å². The number of benzene rings is 2. The molecule has 226 valence electrons. The number of amides is 1. The van der Waals surface area contributed by atoms with Crippen LogP contribution in [-0.2, 0) is 12.8 Å². The number of primary amides is 1. The van der Waals surface area contributed by atoms with Crippen molar-refractivity contribution >= 4 is 46.8 Å². The number of nitrogen functional groups attached to an aromatic ring is 1. The molecule has 2 aromatic carbocycles. The lowest BCUT2D eigenvalue weighted by molar-refractivity contribution is 0.1000. The molecule has 1 aliphatic carbocycles. The quantitative estimate of drug-likeness (QED) is 0.144. The van der Waals surface area contributed by atoms with Crippen LogP contribution in [0.3, 0.4) is 0 Å². The molecule has 1 aliphatic rings. The maximum Gasteiger partial charge on any atom is 0.248 e. The van der Waals surface area contributed by atoms with Gasteiger partial charge in [0.25, 0.3) is 0 Å². The Labute approximate surface area is 262 Å². The van der Waals surface area contributed by atoms with Crippen LogP contribution in [0.2, 0.25) is 0 Å². The Balaban J connectivity index is 0.000000252. The molecule has 6 aromatic rings. The molecule has 0 spiro atoms. The van der Waals surface area contributed by atoms with Crippen LogP contribution in [0.25, 0.3) is 34.1 Å². The number of nitrogens with zero attached hydrogens (tertiary/aromatic N) is 6. The van der Waals surface area contributed by atoms with Crippen molar-refractivity contribution in [2.75, 3.05) is 16.7 Å². The molecule has 4 aromatic heterocycles. The zero-order valence-corrected chi connectivity index (χ0v) is 25.0. The third-order valence-electron chi connectivity index (χ3n) is 7.41. The topological polar surface area (TPSA) is 180 Å². The van der Waals surface area contributed by atoms with Crippen molar-refractivity contribution in [2.45, 2.75) is 19.3 Å². The molecular formula is C32H29N9O3S. The summed E-state index contributed by atoms with van der Waals surface area (Å²) in [6, 6.07) is 18.1. The van der Waals surface area contributed by atoms with Gasteiger partial charge < -0.3 is 21.3 Å². The van der Waals surface area contributed by atoms with Crippen molar-refractivity contribution in [1.29, 1.82) is 0 Å². The van der Waals surface area contributed by atoms with E-state index < -0.39 is 5.91 Å². The highest BCUT2D eigenvalue weighted by atomic mass is 32.2. The molecule has 7 rings (SSSR count). The first-order valence-electron chi connectivity index (χ1n) is 14.0. The molecule has 6 N–H and O–H groups in total. The molecule has 45 heavy (non-hydrogen) atoms. The minimum atomic E-state index is -0.627. The second-order valence-electron chi connectivity index (χ2n) is 10.2. The van der Waals surface area contributed by atoms with Gasteiger partial charge in [-0.3, -0.25) is 14.2 Å². The summed E-state index contributed by atoms with van der Waals surface area (Å²) in [5.74, 6) is 1.06. The van der Waals surface area contributed by atoms with Gasteiger partial charge in [-0.15, -0.1) is 0 Å². The highest BCUT2D eigenvalue weighted by Crippen LogP contribution is 2.36. The molecule has 12 nitrogen and oxygen atoms in total. The van der Waals surface area contributed by atoms with E-state index in [2.05, 4.69) is 37.6 Å². The highest BCUT2D eigenvalue weighted by Gasteiger charge is 2.23. The number of hydrogen-bond donors (Lipinski definition) is 4. The smallest absolute Gasteiger partial charge is 0.248 e. The maximum atomic E-state index is 10.6. The minimum absolute atomic E-state index is 0.0614. The van der Waals surface area contributed by atoms with E-state index in [4.69, 9.17) is 26.5 Å². The molecule has 0 fully saturated rings. The Bertz CT molecular complexity index is 2040. The van der Waals surface area contributed by atoms with Crippen LogP contribution in [0.15, 0.2) is 79.3 Å². The molecule has 1 amide bonds. The first-order valence-corrected chi connectivity index (χ1v) is 15.2. The lowest BCUT2D eigenvalue weighted by Gasteiger charge is -2.13. The number of nitrogens with two attached hydrogens (primary N) is 2. The van der Waals surface area contributed by atoms with Gasteiger partial charge in [0.15, 0.2) is 23.6 Å². The second-order valence-corrected chi connectivity index (χ2v) is 10.8. The van der Waals surface area contributed by atoms with Crippen LogP contribution < -0.4 is 16.2 Å². The summed E-state index contributed by atoms with van der Waals surface area (Å²) in [5, 5.41) is 13.4. The first kappa shape index (κ1) is 29.4. The van der Waals surface area contributed by atoms with Gasteiger partial charge in [-0.25, -0.2) is 19.6 Å². The van der Waals surface area contributed by atoms with Crippen LogP contribution >= 0.6 is 11.9 Å². The summed E-state index contributed by atoms with van der Waals surface area (Å²) in [4.78, 5) is 35.2. The van der Waals surface area contributed by atoms with Gasteiger partial charge in [-0.2, -0.15) is 5.10 Å². The van der Waals surface area contributed by atoms with E-state index in [1.54, 1.807) is 17.1 Å². The number of nitrogens with one attached hydrogen (secondary N) is 1. The number of rotatable bonds is 7. The number of hydrogen-bond acceptors (Lipinski definition) is 10. The minimum Gasteiger partial charge on any atom is -0.507 e. The Morgan fingerprint density at radius 1 is 1.04 bits per heavy atom. The number of anilines is 2. The predicted octanol–water partition coefficient (Wildman–Crippen LogP) is 4.73. The van der Waals surface area contributed by atoms with E-state index in [-0.39, 0.29) is 16.9 Å². The van der Waals surface area contributed by atoms with E-state index in [0.29, 0.717) is 23.7 Å². The SMILES string of the molecule is CSNc1cc(-n2cccn2)nc2c1nc(-c1cccnc1N)n2-c1ccc2c(c1)CCC2.NC(=O)c1ccc(O)c(C=O)c1. The Morgan fingerprint density at radius 2 is 1.89 bits per heavy atom. The van der Waals surface area contributed by atoms with E-state index in [1.165, 1.54) is 47.7 Å².